The molecule has 21 heavy (non-hydrogen) atoms. The first kappa shape index (κ1) is 14.8. The molecule has 0 bridgehead atoms. The first-order chi connectivity index (χ1) is 10.0. The van der Waals surface area contributed by atoms with Gasteiger partial charge in [0.05, 0.1) is 0 Å². The van der Waals surface area contributed by atoms with Crippen LogP contribution in [0.3, 0.4) is 0 Å². The highest BCUT2D eigenvalue weighted by Gasteiger charge is 2.23. The van der Waals surface area contributed by atoms with Gasteiger partial charge in [0.25, 0.3) is 5.91 Å². The summed E-state index contributed by atoms with van der Waals surface area (Å²) in [7, 11) is 3.19. The summed E-state index contributed by atoms with van der Waals surface area (Å²) in [5.41, 5.74) is 1.41. The van der Waals surface area contributed by atoms with Crippen LogP contribution in [-0.2, 0) is 9.53 Å². The lowest BCUT2D eigenvalue weighted by Crippen LogP contribution is -2.27. The second-order valence-corrected chi connectivity index (χ2v) is 4.69. The highest BCUT2D eigenvalue weighted by atomic mass is 16.5. The minimum Gasteiger partial charge on any atom is -0.452 e. The number of aryl methyl sites for hydroxylation is 1. The van der Waals surface area contributed by atoms with E-state index in [0.717, 1.165) is 5.56 Å². The third-order valence-electron chi connectivity index (χ3n) is 2.94. The summed E-state index contributed by atoms with van der Waals surface area (Å²) < 4.78 is 10.1. The zero-order valence-corrected chi connectivity index (χ0v) is 12.1. The number of nitrogens with zero attached hydrogens (tertiary/aromatic N) is 2. The average molecular weight is 288 g/mol. The maximum absolute atomic E-state index is 12.2. The molecule has 1 heterocycles. The van der Waals surface area contributed by atoms with E-state index in [0.29, 0.717) is 11.5 Å². The Morgan fingerprint density at radius 2 is 1.90 bits per heavy atom. The topological polar surface area (TPSA) is 72.6 Å². The number of hydrogen-bond acceptors (Lipinski definition) is 5. The van der Waals surface area contributed by atoms with E-state index in [1.165, 1.54) is 4.90 Å². The molecule has 0 fully saturated rings. The van der Waals surface area contributed by atoms with Gasteiger partial charge in [-0.05, 0) is 6.92 Å². The predicted octanol–water partition coefficient (Wildman–Crippen LogP) is 1.90. The van der Waals surface area contributed by atoms with Crippen LogP contribution in [0.25, 0.3) is 11.3 Å². The highest BCUT2D eigenvalue weighted by Crippen LogP contribution is 2.25. The number of amides is 1. The molecule has 0 radical (unpaired) electrons. The molecule has 0 aliphatic rings. The summed E-state index contributed by atoms with van der Waals surface area (Å²) in [5.74, 6) is -0.558. The van der Waals surface area contributed by atoms with Crippen molar-refractivity contribution in [3.63, 3.8) is 0 Å². The zero-order chi connectivity index (χ0) is 15.4. The van der Waals surface area contributed by atoms with Gasteiger partial charge >= 0.3 is 5.97 Å². The van der Waals surface area contributed by atoms with E-state index in [1.54, 1.807) is 21.0 Å². The van der Waals surface area contributed by atoms with E-state index in [-0.39, 0.29) is 18.1 Å². The zero-order valence-electron chi connectivity index (χ0n) is 12.1. The molecule has 1 aromatic carbocycles. The molecular formula is C15H16N2O4. The quantitative estimate of drug-likeness (QED) is 0.803. The number of ether oxygens (including phenoxy) is 1. The van der Waals surface area contributed by atoms with Gasteiger partial charge in [-0.3, -0.25) is 4.79 Å². The Morgan fingerprint density at radius 3 is 2.52 bits per heavy atom. The second-order valence-electron chi connectivity index (χ2n) is 4.69. The largest absolute Gasteiger partial charge is 0.452 e. The van der Waals surface area contributed by atoms with Gasteiger partial charge in [-0.2, -0.15) is 0 Å². The summed E-state index contributed by atoms with van der Waals surface area (Å²) in [6.45, 7) is 1.31. The SMILES string of the molecule is Cc1onc(-c2ccccc2)c1C(=O)OCC(=O)N(C)C. The Balaban J connectivity index is 2.22. The first-order valence-corrected chi connectivity index (χ1v) is 6.39. The molecule has 110 valence electrons. The molecule has 6 nitrogen and oxygen atoms in total. The molecule has 0 atom stereocenters. The number of benzene rings is 1. The molecule has 0 N–H and O–H groups in total. The van der Waals surface area contributed by atoms with Gasteiger partial charge in [-0.1, -0.05) is 35.5 Å². The van der Waals surface area contributed by atoms with E-state index >= 15 is 0 Å². The van der Waals surface area contributed by atoms with E-state index in [4.69, 9.17) is 9.26 Å². The van der Waals surface area contributed by atoms with Crippen molar-refractivity contribution in [2.24, 2.45) is 0 Å². The number of hydrogen-bond donors (Lipinski definition) is 0. The van der Waals surface area contributed by atoms with Gasteiger partial charge in [-0.25, -0.2) is 4.79 Å². The normalized spacial score (nSPS) is 10.2. The summed E-state index contributed by atoms with van der Waals surface area (Å²) in [6, 6.07) is 9.18. The third kappa shape index (κ3) is 3.28. The maximum Gasteiger partial charge on any atom is 0.344 e. The van der Waals surface area contributed by atoms with Crippen LogP contribution in [0.4, 0.5) is 0 Å². The number of carbonyl (C=O) groups is 2. The lowest BCUT2D eigenvalue weighted by atomic mass is 10.1. The number of rotatable bonds is 4. The van der Waals surface area contributed by atoms with E-state index in [1.807, 2.05) is 30.3 Å². The molecule has 6 heteroatoms. The van der Waals surface area contributed by atoms with Crippen molar-refractivity contribution in [1.82, 2.24) is 10.1 Å². The Kier molecular flexibility index (Phi) is 4.37. The van der Waals surface area contributed by atoms with Crippen LogP contribution in [-0.4, -0.2) is 42.6 Å². The average Bonchev–Trinajstić information content (AvgIpc) is 2.87. The number of esters is 1. The Hall–Kier alpha value is -2.63. The van der Waals surface area contributed by atoms with E-state index < -0.39 is 5.97 Å². The Bertz CT molecular complexity index is 647. The molecule has 0 saturated carbocycles. The monoisotopic (exact) mass is 288 g/mol. The van der Waals surface area contributed by atoms with E-state index in [9.17, 15) is 9.59 Å². The van der Waals surface area contributed by atoms with Crippen molar-refractivity contribution < 1.29 is 18.8 Å². The fraction of sp³-hybridized carbons (Fsp3) is 0.267. The first-order valence-electron chi connectivity index (χ1n) is 6.39. The molecule has 0 aliphatic carbocycles. The molecule has 0 unspecified atom stereocenters. The highest BCUT2D eigenvalue weighted by molar-refractivity contribution is 5.98. The predicted molar refractivity (Wildman–Crippen MR) is 75.7 cm³/mol. The van der Waals surface area contributed by atoms with Crippen LogP contribution < -0.4 is 0 Å². The van der Waals surface area contributed by atoms with Crippen molar-refractivity contribution in [1.29, 1.82) is 0 Å². The smallest absolute Gasteiger partial charge is 0.344 e. The summed E-state index contributed by atoms with van der Waals surface area (Å²) in [6.07, 6.45) is 0. The van der Waals surface area contributed by atoms with Gasteiger partial charge in [-0.15, -0.1) is 0 Å². The lowest BCUT2D eigenvalue weighted by Gasteiger charge is -2.10. The summed E-state index contributed by atoms with van der Waals surface area (Å²) in [4.78, 5) is 25.0. The standard InChI is InChI=1S/C15H16N2O4/c1-10-13(15(19)20-9-12(18)17(2)3)14(16-21-10)11-7-5-4-6-8-11/h4-8H,9H2,1-3H3. The summed E-state index contributed by atoms with van der Waals surface area (Å²) in [5, 5.41) is 3.90. The van der Waals surface area contributed by atoms with Crippen LogP contribution in [0.5, 0.6) is 0 Å². The maximum atomic E-state index is 12.2. The third-order valence-corrected chi connectivity index (χ3v) is 2.94. The van der Waals surface area contributed by atoms with Gasteiger partial charge in [0, 0.05) is 19.7 Å². The van der Waals surface area contributed by atoms with Gasteiger partial charge in [0.1, 0.15) is 17.0 Å². The fourth-order valence-electron chi connectivity index (χ4n) is 1.73. The minimum atomic E-state index is -0.622. The second kappa shape index (κ2) is 6.21. The molecular weight excluding hydrogens is 272 g/mol. The minimum absolute atomic E-state index is 0.243. The molecule has 1 amide bonds. The van der Waals surface area contributed by atoms with Crippen LogP contribution in [0.15, 0.2) is 34.9 Å². The fourth-order valence-corrected chi connectivity index (χ4v) is 1.73. The molecule has 0 spiro atoms. The molecule has 0 aliphatic heterocycles. The van der Waals surface area contributed by atoms with Crippen LogP contribution >= 0.6 is 0 Å². The Labute approximate surface area is 122 Å². The summed E-state index contributed by atoms with van der Waals surface area (Å²) >= 11 is 0. The number of carbonyl (C=O) groups excluding carboxylic acids is 2. The van der Waals surface area contributed by atoms with Crippen LogP contribution in [0.2, 0.25) is 0 Å². The van der Waals surface area contributed by atoms with Crippen LogP contribution in [0.1, 0.15) is 16.1 Å². The van der Waals surface area contributed by atoms with Crippen molar-refractivity contribution in [2.45, 2.75) is 6.92 Å². The van der Waals surface area contributed by atoms with E-state index in [2.05, 4.69) is 5.16 Å². The van der Waals surface area contributed by atoms with Gasteiger partial charge in [0.2, 0.25) is 0 Å². The van der Waals surface area contributed by atoms with Crippen molar-refractivity contribution >= 4 is 11.9 Å². The van der Waals surface area contributed by atoms with Crippen molar-refractivity contribution in [2.75, 3.05) is 20.7 Å². The van der Waals surface area contributed by atoms with Gasteiger partial charge in [0.15, 0.2) is 6.61 Å². The number of aromatic nitrogens is 1. The van der Waals surface area contributed by atoms with Gasteiger partial charge < -0.3 is 14.2 Å². The van der Waals surface area contributed by atoms with Crippen molar-refractivity contribution in [3.05, 3.63) is 41.7 Å². The molecule has 1 aromatic heterocycles. The molecule has 2 rings (SSSR count). The Morgan fingerprint density at radius 1 is 1.24 bits per heavy atom. The van der Waals surface area contributed by atoms with Crippen molar-refractivity contribution in [3.8, 4) is 11.3 Å². The number of likely N-dealkylation sites (N-methyl/N-ethyl adjacent to an activating group) is 1. The molecule has 0 saturated heterocycles. The van der Waals surface area contributed by atoms with Crippen LogP contribution in [0, 0.1) is 6.92 Å². The lowest BCUT2D eigenvalue weighted by molar-refractivity contribution is -0.131. The molecule has 2 aromatic rings.